The molecular formula is C18H26ClF3IN5O. The predicted octanol–water partition coefficient (Wildman–Crippen LogP) is 3.54. The normalized spacial score (nSPS) is 19.8. The van der Waals surface area contributed by atoms with Gasteiger partial charge < -0.3 is 20.3 Å². The average molecular weight is 548 g/mol. The molecule has 2 heterocycles. The summed E-state index contributed by atoms with van der Waals surface area (Å²) >= 11 is 6.05. The van der Waals surface area contributed by atoms with Gasteiger partial charge in [-0.25, -0.2) is 4.98 Å². The number of guanidine groups is 1. The van der Waals surface area contributed by atoms with Crippen LogP contribution in [0.3, 0.4) is 0 Å². The third-order valence-electron chi connectivity index (χ3n) is 4.79. The molecule has 0 radical (unpaired) electrons. The summed E-state index contributed by atoms with van der Waals surface area (Å²) in [4.78, 5) is 10.0. The standard InChI is InChI=1S/C18H25ClF3N5O.HI/c1-23-17(24-5-7-28-11-12-2-3-12)26-14-4-6-27(10-14)16-15(19)8-13(9-25-16)18(20,21)22;/h8-9,12,14H,2-7,10-11H2,1H3,(H2,23,24,26);1H. The molecule has 0 spiro atoms. The van der Waals surface area contributed by atoms with Crippen molar-refractivity contribution in [3.8, 4) is 0 Å². The van der Waals surface area contributed by atoms with E-state index in [1.807, 2.05) is 4.90 Å². The first-order valence-corrected chi connectivity index (χ1v) is 9.77. The summed E-state index contributed by atoms with van der Waals surface area (Å²) in [5.41, 5.74) is -0.844. The Morgan fingerprint density at radius 3 is 2.76 bits per heavy atom. The van der Waals surface area contributed by atoms with Crippen molar-refractivity contribution in [3.05, 3.63) is 22.8 Å². The van der Waals surface area contributed by atoms with E-state index in [1.54, 1.807) is 7.05 Å². The minimum absolute atomic E-state index is 0. The Balaban J connectivity index is 0.00000300. The van der Waals surface area contributed by atoms with Crippen molar-refractivity contribution < 1.29 is 17.9 Å². The molecule has 11 heteroatoms. The van der Waals surface area contributed by atoms with Gasteiger partial charge in [0.15, 0.2) is 5.96 Å². The number of pyridine rings is 1. The fourth-order valence-electron chi connectivity index (χ4n) is 3.05. The van der Waals surface area contributed by atoms with E-state index in [2.05, 4.69) is 20.6 Å². The summed E-state index contributed by atoms with van der Waals surface area (Å²) in [6.45, 7) is 3.34. The molecule has 6 nitrogen and oxygen atoms in total. The van der Waals surface area contributed by atoms with E-state index >= 15 is 0 Å². The molecule has 1 atom stereocenters. The van der Waals surface area contributed by atoms with E-state index in [1.165, 1.54) is 12.8 Å². The maximum atomic E-state index is 12.8. The first-order valence-electron chi connectivity index (χ1n) is 9.39. The van der Waals surface area contributed by atoms with Crippen LogP contribution in [0.5, 0.6) is 0 Å². The Hall–Kier alpha value is -1.01. The van der Waals surface area contributed by atoms with Crippen molar-refractivity contribution in [2.75, 3.05) is 44.8 Å². The second-order valence-corrected chi connectivity index (χ2v) is 7.53. The number of ether oxygens (including phenoxy) is 1. The molecular weight excluding hydrogens is 522 g/mol. The number of anilines is 1. The molecule has 2 N–H and O–H groups in total. The van der Waals surface area contributed by atoms with Crippen LogP contribution in [0, 0.1) is 5.92 Å². The van der Waals surface area contributed by atoms with Gasteiger partial charge in [0.1, 0.15) is 5.82 Å². The fourth-order valence-corrected chi connectivity index (χ4v) is 3.34. The Kier molecular flexibility index (Phi) is 9.08. The molecule has 3 rings (SSSR count). The molecule has 0 amide bonds. The summed E-state index contributed by atoms with van der Waals surface area (Å²) in [5.74, 6) is 1.79. The van der Waals surface area contributed by atoms with Crippen molar-refractivity contribution >= 4 is 47.4 Å². The molecule has 164 valence electrons. The lowest BCUT2D eigenvalue weighted by atomic mass is 10.2. The average Bonchev–Trinajstić information content (AvgIpc) is 3.36. The zero-order valence-electron chi connectivity index (χ0n) is 16.1. The van der Waals surface area contributed by atoms with E-state index < -0.39 is 11.7 Å². The number of hydrogen-bond donors (Lipinski definition) is 2. The molecule has 1 saturated carbocycles. The van der Waals surface area contributed by atoms with Gasteiger partial charge in [0.2, 0.25) is 0 Å². The monoisotopic (exact) mass is 547 g/mol. The smallest absolute Gasteiger partial charge is 0.379 e. The SMILES string of the molecule is CN=C(NCCOCC1CC1)NC1CCN(c2ncc(C(F)(F)F)cc2Cl)C1.I. The number of nitrogens with zero attached hydrogens (tertiary/aromatic N) is 3. The summed E-state index contributed by atoms with van der Waals surface area (Å²) < 4.78 is 43.9. The van der Waals surface area contributed by atoms with Crippen LogP contribution in [0.2, 0.25) is 5.02 Å². The van der Waals surface area contributed by atoms with Gasteiger partial charge in [0, 0.05) is 45.5 Å². The molecule has 1 saturated heterocycles. The van der Waals surface area contributed by atoms with E-state index in [0.29, 0.717) is 38.0 Å². The van der Waals surface area contributed by atoms with Crippen LogP contribution < -0.4 is 15.5 Å². The first-order chi connectivity index (χ1) is 13.4. The number of aromatic nitrogens is 1. The van der Waals surface area contributed by atoms with Gasteiger partial charge in [-0.05, 0) is 31.2 Å². The lowest BCUT2D eigenvalue weighted by Crippen LogP contribution is -2.45. The lowest BCUT2D eigenvalue weighted by molar-refractivity contribution is -0.137. The molecule has 1 aromatic heterocycles. The minimum atomic E-state index is -4.45. The van der Waals surface area contributed by atoms with E-state index in [4.69, 9.17) is 16.3 Å². The minimum Gasteiger partial charge on any atom is -0.379 e. The Bertz CT molecular complexity index is 703. The highest BCUT2D eigenvalue weighted by atomic mass is 127. The van der Waals surface area contributed by atoms with Crippen LogP contribution in [-0.4, -0.2) is 56.9 Å². The van der Waals surface area contributed by atoms with Crippen molar-refractivity contribution in [2.45, 2.75) is 31.5 Å². The van der Waals surface area contributed by atoms with Crippen LogP contribution in [-0.2, 0) is 10.9 Å². The second-order valence-electron chi connectivity index (χ2n) is 7.12. The molecule has 0 aromatic carbocycles. The Morgan fingerprint density at radius 1 is 1.38 bits per heavy atom. The van der Waals surface area contributed by atoms with Gasteiger partial charge in [-0.2, -0.15) is 13.2 Å². The van der Waals surface area contributed by atoms with Crippen LogP contribution in [0.25, 0.3) is 0 Å². The third-order valence-corrected chi connectivity index (χ3v) is 5.07. The van der Waals surface area contributed by atoms with Gasteiger partial charge in [-0.15, -0.1) is 24.0 Å². The highest BCUT2D eigenvalue weighted by Crippen LogP contribution is 2.34. The molecule has 2 aliphatic rings. The van der Waals surface area contributed by atoms with Crippen LogP contribution >= 0.6 is 35.6 Å². The topological polar surface area (TPSA) is 61.8 Å². The number of aliphatic imine (C=N–C) groups is 1. The molecule has 1 aromatic rings. The number of rotatable bonds is 7. The Labute approximate surface area is 190 Å². The third kappa shape index (κ3) is 7.32. The highest BCUT2D eigenvalue weighted by Gasteiger charge is 2.33. The van der Waals surface area contributed by atoms with Crippen LogP contribution in [0.15, 0.2) is 17.3 Å². The van der Waals surface area contributed by atoms with Crippen molar-refractivity contribution in [2.24, 2.45) is 10.9 Å². The van der Waals surface area contributed by atoms with Gasteiger partial charge >= 0.3 is 6.18 Å². The van der Waals surface area contributed by atoms with Crippen LogP contribution in [0.4, 0.5) is 19.0 Å². The number of alkyl halides is 3. The summed E-state index contributed by atoms with van der Waals surface area (Å²) in [6, 6.07) is 1.02. The predicted molar refractivity (Wildman–Crippen MR) is 118 cm³/mol. The number of hydrogen-bond acceptors (Lipinski definition) is 4. The maximum Gasteiger partial charge on any atom is 0.417 e. The van der Waals surface area contributed by atoms with Crippen molar-refractivity contribution in [1.29, 1.82) is 0 Å². The maximum absolute atomic E-state index is 12.8. The van der Waals surface area contributed by atoms with Crippen molar-refractivity contribution in [3.63, 3.8) is 0 Å². The zero-order valence-corrected chi connectivity index (χ0v) is 19.2. The molecule has 1 aliphatic carbocycles. The van der Waals surface area contributed by atoms with Gasteiger partial charge in [0.25, 0.3) is 0 Å². The first kappa shape index (κ1) is 24.3. The molecule has 1 unspecified atom stereocenters. The van der Waals surface area contributed by atoms with E-state index in [-0.39, 0.29) is 35.0 Å². The Morgan fingerprint density at radius 2 is 2.14 bits per heavy atom. The quantitative estimate of drug-likeness (QED) is 0.237. The second kappa shape index (κ2) is 10.9. The molecule has 2 fully saturated rings. The van der Waals surface area contributed by atoms with Crippen LogP contribution in [0.1, 0.15) is 24.8 Å². The summed E-state index contributed by atoms with van der Waals surface area (Å²) in [5, 5.41) is 6.54. The molecule has 1 aliphatic heterocycles. The number of nitrogens with one attached hydrogen (secondary N) is 2. The fraction of sp³-hybridized carbons (Fsp3) is 0.667. The van der Waals surface area contributed by atoms with E-state index in [9.17, 15) is 13.2 Å². The van der Waals surface area contributed by atoms with Gasteiger partial charge in [-0.1, -0.05) is 11.6 Å². The largest absolute Gasteiger partial charge is 0.417 e. The number of halogens is 5. The van der Waals surface area contributed by atoms with Gasteiger partial charge in [0.05, 0.1) is 17.2 Å². The highest BCUT2D eigenvalue weighted by molar-refractivity contribution is 14.0. The zero-order chi connectivity index (χ0) is 20.1. The van der Waals surface area contributed by atoms with E-state index in [0.717, 1.165) is 31.2 Å². The summed E-state index contributed by atoms with van der Waals surface area (Å²) in [7, 11) is 1.70. The molecule has 0 bridgehead atoms. The van der Waals surface area contributed by atoms with Crippen molar-refractivity contribution in [1.82, 2.24) is 15.6 Å². The summed E-state index contributed by atoms with van der Waals surface area (Å²) in [6.07, 6.45) is -0.286. The lowest BCUT2D eigenvalue weighted by Gasteiger charge is -2.21. The van der Waals surface area contributed by atoms with Gasteiger partial charge in [-0.3, -0.25) is 4.99 Å². The molecule has 29 heavy (non-hydrogen) atoms.